The van der Waals surface area contributed by atoms with E-state index in [1.807, 2.05) is 0 Å². The van der Waals surface area contributed by atoms with Crippen LogP contribution in [0.25, 0.3) is 0 Å². The number of rotatable bonds is 17. The van der Waals surface area contributed by atoms with E-state index in [9.17, 15) is 8.12 Å². The van der Waals surface area contributed by atoms with Crippen LogP contribution < -0.4 is 11.5 Å². The van der Waals surface area contributed by atoms with Crippen molar-refractivity contribution in [2.24, 2.45) is 11.5 Å². The Morgan fingerprint density at radius 3 is 1.56 bits per heavy atom. The molecule has 0 unspecified atom stereocenters. The van der Waals surface area contributed by atoms with Crippen LogP contribution in [0.3, 0.4) is 0 Å². The molecule has 0 saturated carbocycles. The molecule has 6 nitrogen and oxygen atoms in total. The minimum atomic E-state index is -4.62. The van der Waals surface area contributed by atoms with E-state index in [4.69, 9.17) is 18.1 Å². The van der Waals surface area contributed by atoms with Gasteiger partial charge in [-0.25, -0.2) is 0 Å². The molecule has 1 rings (SSSR count). The van der Waals surface area contributed by atoms with Crippen molar-refractivity contribution in [3.8, 4) is 0 Å². The third-order valence-electron chi connectivity index (χ3n) is 5.31. The van der Waals surface area contributed by atoms with Gasteiger partial charge in [0.2, 0.25) is 0 Å². The molecule has 0 bridgehead atoms. The van der Waals surface area contributed by atoms with Crippen molar-refractivity contribution in [2.45, 2.75) is 109 Å². The second-order valence-corrected chi connectivity index (χ2v) is 11.3. The fraction of sp³-hybridized carbons (Fsp3) is 0.950. The van der Waals surface area contributed by atoms with Crippen LogP contribution in [-0.4, -0.2) is 23.0 Å². The monoisotopic (exact) mass is 421 g/mol. The molecule has 27 heavy (non-hydrogen) atoms. The normalized spacial score (nSPS) is 16.7. The Morgan fingerprint density at radius 1 is 0.778 bits per heavy atom. The summed E-state index contributed by atoms with van der Waals surface area (Å²) in [6, 6.07) is 0. The third kappa shape index (κ3) is 10.4. The standard InChI is InChI=1S/C18H37N2O.C2H4O2.O.Ti/c1-2-3-4-5-6-7-8-9-10-11-12-13-14-15-16-18(19,20)17-21;3-1-2-4;;/h2-16,19-20H2,1H3;1-2H2;;/q;-2;;+2. The summed E-state index contributed by atoms with van der Waals surface area (Å²) in [5, 5.41) is 0. The molecule has 0 spiro atoms. The van der Waals surface area contributed by atoms with E-state index >= 15 is 0 Å². The molecule has 1 saturated heterocycles. The summed E-state index contributed by atoms with van der Waals surface area (Å²) in [4.78, 5) is 12.2. The fourth-order valence-corrected chi connectivity index (χ4v) is 6.26. The molecule has 1 fully saturated rings. The van der Waals surface area contributed by atoms with E-state index in [0.717, 1.165) is 19.3 Å². The van der Waals surface area contributed by atoms with Gasteiger partial charge >= 0.3 is 131 Å². The molecule has 7 heteroatoms. The molecule has 0 aromatic heterocycles. The van der Waals surface area contributed by atoms with Gasteiger partial charge < -0.3 is 0 Å². The van der Waals surface area contributed by atoms with Crippen LogP contribution in [-0.2, 0) is 32.1 Å². The van der Waals surface area contributed by atoms with Crippen molar-refractivity contribution in [3.05, 3.63) is 0 Å². The molecule has 0 amide bonds. The zero-order valence-corrected chi connectivity index (χ0v) is 18.9. The van der Waals surface area contributed by atoms with Crippen molar-refractivity contribution in [3.63, 3.8) is 0 Å². The Labute approximate surface area is 169 Å². The first-order valence-corrected chi connectivity index (χ1v) is 13.7. The van der Waals surface area contributed by atoms with Crippen molar-refractivity contribution >= 4 is 4.09 Å². The Balaban J connectivity index is 1.95. The van der Waals surface area contributed by atoms with Crippen LogP contribution in [0, 0.1) is 0 Å². The number of hydrogen-bond acceptors (Lipinski definition) is 6. The maximum atomic E-state index is 12.2. The van der Waals surface area contributed by atoms with Gasteiger partial charge in [0, 0.05) is 0 Å². The van der Waals surface area contributed by atoms with Crippen LogP contribution in [0.4, 0.5) is 0 Å². The van der Waals surface area contributed by atoms with E-state index in [-0.39, 0.29) is 13.2 Å². The second kappa shape index (κ2) is 14.1. The molecule has 0 aromatic rings. The summed E-state index contributed by atoms with van der Waals surface area (Å²) in [7, 11) is 0. The average Bonchev–Trinajstić information content (AvgIpc) is 3.09. The van der Waals surface area contributed by atoms with Crippen molar-refractivity contribution in [1.29, 1.82) is 0 Å². The summed E-state index contributed by atoms with van der Waals surface area (Å²) in [6.45, 7) is 2.63. The topological polar surface area (TPSA) is 105 Å². The third-order valence-corrected chi connectivity index (χ3v) is 8.73. The van der Waals surface area contributed by atoms with Crippen LogP contribution in [0.2, 0.25) is 0 Å². The minimum absolute atomic E-state index is 0.185. The Bertz CT molecular complexity index is 447. The molecule has 0 atom stereocenters. The van der Waals surface area contributed by atoms with Crippen molar-refractivity contribution in [1.82, 2.24) is 0 Å². The summed E-state index contributed by atoms with van der Waals surface area (Å²) in [5.41, 5.74) is 10.2. The summed E-state index contributed by atoms with van der Waals surface area (Å²) >= 11 is -4.62. The predicted octanol–water partition coefficient (Wildman–Crippen LogP) is 4.37. The molecular weight excluding hydrogens is 380 g/mol. The molecule has 1 heterocycles. The molecular formula is C20H41N2O4Ti. The fourth-order valence-electron chi connectivity index (χ4n) is 3.54. The van der Waals surface area contributed by atoms with Gasteiger partial charge in [0.05, 0.1) is 0 Å². The van der Waals surface area contributed by atoms with Crippen LogP contribution in [0.15, 0.2) is 0 Å². The van der Waals surface area contributed by atoms with Gasteiger partial charge in [-0.3, -0.25) is 0 Å². The molecule has 0 radical (unpaired) electrons. The Kier molecular flexibility index (Phi) is 13.1. The summed E-state index contributed by atoms with van der Waals surface area (Å²) in [6.07, 6.45) is 18.0. The number of hydrogen-bond donors (Lipinski definition) is 2. The predicted molar refractivity (Wildman–Crippen MR) is 104 cm³/mol. The average molecular weight is 421 g/mol. The molecule has 4 N–H and O–H groups in total. The molecule has 0 aromatic carbocycles. The first-order chi connectivity index (χ1) is 12.9. The molecule has 1 aliphatic heterocycles. The summed E-state index contributed by atoms with van der Waals surface area (Å²) < 4.78 is 21.5. The van der Waals surface area contributed by atoms with E-state index in [1.54, 1.807) is 0 Å². The van der Waals surface area contributed by atoms with Crippen LogP contribution >= 0.6 is 0 Å². The summed E-state index contributed by atoms with van der Waals surface area (Å²) in [5.74, 6) is 0. The van der Waals surface area contributed by atoms with Crippen LogP contribution in [0.5, 0.6) is 0 Å². The van der Waals surface area contributed by atoms with E-state index in [2.05, 4.69) is 6.92 Å². The quantitative estimate of drug-likeness (QED) is 0.205. The Hall–Kier alpha value is 0.0243. The zero-order valence-electron chi connectivity index (χ0n) is 17.3. The van der Waals surface area contributed by atoms with Crippen molar-refractivity contribution < 1.29 is 32.1 Å². The first kappa shape index (κ1) is 25.1. The number of carbonyl (C=O) groups is 1. The number of nitrogens with two attached hydrogens (primary N) is 2. The van der Waals surface area contributed by atoms with Gasteiger partial charge in [-0.15, -0.1) is 0 Å². The van der Waals surface area contributed by atoms with Gasteiger partial charge in [0.1, 0.15) is 0 Å². The van der Waals surface area contributed by atoms with E-state index < -0.39 is 27.1 Å². The van der Waals surface area contributed by atoms with Gasteiger partial charge in [-0.1, -0.05) is 39.0 Å². The second-order valence-electron chi connectivity index (χ2n) is 7.97. The molecule has 1 aliphatic rings. The van der Waals surface area contributed by atoms with E-state index in [0.29, 0.717) is 6.42 Å². The van der Waals surface area contributed by atoms with Gasteiger partial charge in [-0.05, 0) is 0 Å². The maximum absolute atomic E-state index is 12.2. The Morgan fingerprint density at radius 2 is 1.15 bits per heavy atom. The number of carbonyl (C=O) groups excluding carboxylic acids is 1. The van der Waals surface area contributed by atoms with Gasteiger partial charge in [0.15, 0.2) is 0 Å². The van der Waals surface area contributed by atoms with Crippen molar-refractivity contribution in [2.75, 3.05) is 13.2 Å². The first-order valence-electron chi connectivity index (χ1n) is 11.0. The van der Waals surface area contributed by atoms with E-state index in [1.165, 1.54) is 70.6 Å². The molecule has 159 valence electrons. The van der Waals surface area contributed by atoms with Crippen LogP contribution in [0.1, 0.15) is 103 Å². The number of unbranched alkanes of at least 4 members (excludes halogenated alkanes) is 13. The SMILES string of the molecule is CCCCCCCCCCCCCCCCC(N)(N)[C](=O)[Ti]1(=[O])[O]CC[O]1. The zero-order chi connectivity index (χ0) is 20.0. The van der Waals surface area contributed by atoms with Gasteiger partial charge in [0.25, 0.3) is 0 Å². The van der Waals surface area contributed by atoms with Gasteiger partial charge in [-0.2, -0.15) is 0 Å². The molecule has 0 aliphatic carbocycles.